The SMILES string of the molecule is c1ccc(N(c2ccccc2)c2ccc(-c3cccc(-c4ccc5c(c4)C(c4ccccc4)(c4ccccc4)c4ccc6ccccc6c4-5)c3)cc2)cc1. The lowest BCUT2D eigenvalue weighted by molar-refractivity contribution is 0.769. The van der Waals surface area contributed by atoms with Crippen LogP contribution in [0, 0.1) is 0 Å². The van der Waals surface area contributed by atoms with Gasteiger partial charge in [-0.3, -0.25) is 0 Å². The molecule has 0 aliphatic heterocycles. The topological polar surface area (TPSA) is 3.24 Å². The Morgan fingerprint density at radius 3 is 1.44 bits per heavy atom. The number of nitrogens with zero attached hydrogens (tertiary/aromatic N) is 1. The van der Waals surface area contributed by atoms with Crippen LogP contribution < -0.4 is 4.90 Å². The van der Waals surface area contributed by atoms with Gasteiger partial charge >= 0.3 is 0 Å². The summed E-state index contributed by atoms with van der Waals surface area (Å²) in [5.41, 5.74) is 15.5. The lowest BCUT2D eigenvalue weighted by atomic mass is 9.67. The zero-order valence-electron chi connectivity index (χ0n) is 29.8. The molecule has 1 nitrogen and oxygen atoms in total. The Kier molecular flexibility index (Phi) is 7.78. The van der Waals surface area contributed by atoms with Crippen molar-refractivity contribution >= 4 is 27.8 Å². The summed E-state index contributed by atoms with van der Waals surface area (Å²) in [7, 11) is 0. The number of rotatable bonds is 7. The molecule has 0 aromatic heterocycles. The van der Waals surface area contributed by atoms with E-state index in [4.69, 9.17) is 0 Å². The van der Waals surface area contributed by atoms with Crippen LogP contribution in [0.25, 0.3) is 44.2 Å². The Morgan fingerprint density at radius 1 is 0.315 bits per heavy atom. The van der Waals surface area contributed by atoms with Crippen LogP contribution in [0.2, 0.25) is 0 Å². The summed E-state index contributed by atoms with van der Waals surface area (Å²) >= 11 is 0. The summed E-state index contributed by atoms with van der Waals surface area (Å²) in [5.74, 6) is 0. The number of anilines is 3. The van der Waals surface area contributed by atoms with E-state index in [1.165, 1.54) is 66.4 Å². The average Bonchev–Trinajstić information content (AvgIpc) is 3.56. The van der Waals surface area contributed by atoms with Crippen molar-refractivity contribution in [1.29, 1.82) is 0 Å². The van der Waals surface area contributed by atoms with E-state index in [9.17, 15) is 0 Å². The molecule has 1 heteroatoms. The van der Waals surface area contributed by atoms with Crippen LogP contribution in [0.4, 0.5) is 17.1 Å². The fourth-order valence-corrected chi connectivity index (χ4v) is 8.72. The summed E-state index contributed by atoms with van der Waals surface area (Å²) < 4.78 is 0. The summed E-state index contributed by atoms with van der Waals surface area (Å²) in [4.78, 5) is 2.30. The number of hydrogen-bond donors (Lipinski definition) is 0. The monoisotopic (exact) mass is 687 g/mol. The van der Waals surface area contributed by atoms with Crippen molar-refractivity contribution in [3.8, 4) is 33.4 Å². The van der Waals surface area contributed by atoms with Gasteiger partial charge in [0.15, 0.2) is 0 Å². The van der Waals surface area contributed by atoms with Crippen LogP contribution in [0.5, 0.6) is 0 Å². The van der Waals surface area contributed by atoms with Crippen LogP contribution in [0.3, 0.4) is 0 Å². The summed E-state index contributed by atoms with van der Waals surface area (Å²) in [6.07, 6.45) is 0. The molecule has 0 saturated carbocycles. The van der Waals surface area contributed by atoms with Gasteiger partial charge in [0, 0.05) is 17.1 Å². The van der Waals surface area contributed by atoms with Gasteiger partial charge < -0.3 is 4.90 Å². The van der Waals surface area contributed by atoms with Crippen LogP contribution in [0.1, 0.15) is 22.3 Å². The second kappa shape index (κ2) is 13.2. The molecule has 0 spiro atoms. The molecule has 9 aromatic carbocycles. The molecule has 54 heavy (non-hydrogen) atoms. The van der Waals surface area contributed by atoms with Crippen LogP contribution in [0.15, 0.2) is 224 Å². The second-order valence-electron chi connectivity index (χ2n) is 14.1. The quantitative estimate of drug-likeness (QED) is 0.161. The average molecular weight is 688 g/mol. The first-order valence-corrected chi connectivity index (χ1v) is 18.7. The molecular weight excluding hydrogens is 651 g/mol. The van der Waals surface area contributed by atoms with Gasteiger partial charge in [-0.25, -0.2) is 0 Å². The molecular formula is C53H37N. The molecule has 1 aliphatic rings. The van der Waals surface area contributed by atoms with Crippen LogP contribution in [-0.2, 0) is 5.41 Å². The molecule has 0 radical (unpaired) electrons. The minimum absolute atomic E-state index is 0.468. The van der Waals surface area contributed by atoms with Crippen molar-refractivity contribution in [2.45, 2.75) is 5.41 Å². The normalized spacial score (nSPS) is 12.6. The molecule has 0 saturated heterocycles. The van der Waals surface area contributed by atoms with Gasteiger partial charge in [-0.15, -0.1) is 0 Å². The molecule has 254 valence electrons. The molecule has 0 N–H and O–H groups in total. The molecule has 10 rings (SSSR count). The molecule has 1 aliphatic carbocycles. The molecule has 9 aromatic rings. The zero-order chi connectivity index (χ0) is 35.9. The van der Waals surface area contributed by atoms with Gasteiger partial charge in [-0.05, 0) is 115 Å². The van der Waals surface area contributed by atoms with E-state index in [0.29, 0.717) is 0 Å². The van der Waals surface area contributed by atoms with Gasteiger partial charge in [0.1, 0.15) is 0 Å². The van der Waals surface area contributed by atoms with Crippen LogP contribution >= 0.6 is 0 Å². The Labute approximate surface area is 317 Å². The first kappa shape index (κ1) is 31.7. The number of benzene rings is 9. The predicted molar refractivity (Wildman–Crippen MR) is 227 cm³/mol. The summed E-state index contributed by atoms with van der Waals surface area (Å²) in [5, 5.41) is 2.55. The van der Waals surface area contributed by atoms with Crippen molar-refractivity contribution in [1.82, 2.24) is 0 Å². The fraction of sp³-hybridized carbons (Fsp3) is 0.0189. The van der Waals surface area contributed by atoms with Crippen molar-refractivity contribution < 1.29 is 0 Å². The lowest BCUT2D eigenvalue weighted by Gasteiger charge is -2.34. The van der Waals surface area contributed by atoms with E-state index in [1.807, 2.05) is 0 Å². The van der Waals surface area contributed by atoms with E-state index in [-0.39, 0.29) is 0 Å². The highest BCUT2D eigenvalue weighted by molar-refractivity contribution is 6.04. The molecule has 0 amide bonds. The Hall–Kier alpha value is -6.96. The van der Waals surface area contributed by atoms with E-state index < -0.39 is 5.41 Å². The number of para-hydroxylation sites is 2. The summed E-state index contributed by atoms with van der Waals surface area (Å²) in [6, 6.07) is 81.9. The lowest BCUT2D eigenvalue weighted by Crippen LogP contribution is -2.28. The highest BCUT2D eigenvalue weighted by atomic mass is 15.1. The maximum atomic E-state index is 2.46. The van der Waals surface area contributed by atoms with E-state index in [2.05, 4.69) is 229 Å². The Morgan fingerprint density at radius 2 is 0.815 bits per heavy atom. The zero-order valence-corrected chi connectivity index (χ0v) is 29.8. The Bertz CT molecular complexity index is 2660. The first-order valence-electron chi connectivity index (χ1n) is 18.7. The minimum atomic E-state index is -0.468. The molecule has 0 fully saturated rings. The predicted octanol–water partition coefficient (Wildman–Crippen LogP) is 14.0. The summed E-state index contributed by atoms with van der Waals surface area (Å²) in [6.45, 7) is 0. The third-order valence-corrected chi connectivity index (χ3v) is 11.1. The standard InChI is InChI=1S/C53H37N/c1-5-19-43(20-6-1)53(44-21-7-2-8-22-44)50-35-31-39-16-13-14-27-48(39)52(50)49-34-30-42(37-51(49)53)41-18-15-17-40(36-41)38-28-32-47(33-29-38)54(45-23-9-3-10-24-45)46-25-11-4-12-26-46/h1-37H. The number of hydrogen-bond acceptors (Lipinski definition) is 1. The molecule has 0 heterocycles. The third kappa shape index (κ3) is 5.17. The first-order chi connectivity index (χ1) is 26.8. The van der Waals surface area contributed by atoms with E-state index >= 15 is 0 Å². The van der Waals surface area contributed by atoms with Gasteiger partial charge in [0.25, 0.3) is 0 Å². The smallest absolute Gasteiger partial charge is 0.0714 e. The highest BCUT2D eigenvalue weighted by Crippen LogP contribution is 2.58. The highest BCUT2D eigenvalue weighted by Gasteiger charge is 2.46. The molecule has 0 atom stereocenters. The van der Waals surface area contributed by atoms with Crippen LogP contribution in [-0.4, -0.2) is 0 Å². The maximum absolute atomic E-state index is 2.46. The second-order valence-corrected chi connectivity index (χ2v) is 14.1. The van der Waals surface area contributed by atoms with Crippen molar-refractivity contribution in [2.75, 3.05) is 4.90 Å². The fourth-order valence-electron chi connectivity index (χ4n) is 8.72. The van der Waals surface area contributed by atoms with Crippen molar-refractivity contribution in [2.24, 2.45) is 0 Å². The third-order valence-electron chi connectivity index (χ3n) is 11.1. The minimum Gasteiger partial charge on any atom is -0.311 e. The number of fused-ring (bicyclic) bond motifs is 5. The largest absolute Gasteiger partial charge is 0.311 e. The van der Waals surface area contributed by atoms with E-state index in [0.717, 1.165) is 17.1 Å². The van der Waals surface area contributed by atoms with Crippen molar-refractivity contribution in [3.05, 3.63) is 247 Å². The van der Waals surface area contributed by atoms with Gasteiger partial charge in [-0.2, -0.15) is 0 Å². The van der Waals surface area contributed by atoms with Gasteiger partial charge in [-0.1, -0.05) is 176 Å². The van der Waals surface area contributed by atoms with Crippen molar-refractivity contribution in [3.63, 3.8) is 0 Å². The molecule has 0 unspecified atom stereocenters. The maximum Gasteiger partial charge on any atom is 0.0714 e. The van der Waals surface area contributed by atoms with Gasteiger partial charge in [0.2, 0.25) is 0 Å². The van der Waals surface area contributed by atoms with Gasteiger partial charge in [0.05, 0.1) is 5.41 Å². The Balaban J connectivity index is 1.10. The van der Waals surface area contributed by atoms with E-state index in [1.54, 1.807) is 0 Å². The molecule has 0 bridgehead atoms.